The number of benzene rings is 2. The van der Waals surface area contributed by atoms with Crippen LogP contribution in [0.5, 0.6) is 0 Å². The molecule has 0 radical (unpaired) electrons. The van der Waals surface area contributed by atoms with E-state index in [2.05, 4.69) is 79.7 Å². The Morgan fingerprint density at radius 2 is 1.12 bits per heavy atom. The largest absolute Gasteiger partial charge is 0.0929 e. The monoisotopic (exact) mass is 474 g/mol. The number of hydrogen-bond acceptors (Lipinski definition) is 0. The molecule has 0 aromatic heterocycles. The molecule has 0 aliphatic heterocycles. The van der Waals surface area contributed by atoms with Gasteiger partial charge in [-0.2, -0.15) is 0 Å². The molecule has 3 aliphatic carbocycles. The standard InChI is InChI=1S/C31H40P2/c1-25(32(26-15-6-2-7-16-26)27-17-8-3-9-18-27)30-23-14-24-31(30)33(28-19-10-4-11-20-28)29-21-12-5-13-22-29/h4-5,10-13,19-27H,2-3,6-9,14-18H2,1H3/t25-/m0/s1. The molecule has 0 nitrogen and oxygen atoms in total. The molecule has 33 heavy (non-hydrogen) atoms. The van der Waals surface area contributed by atoms with Gasteiger partial charge >= 0.3 is 0 Å². The minimum absolute atomic E-state index is 0.0428. The van der Waals surface area contributed by atoms with Crippen LogP contribution in [0.2, 0.25) is 0 Å². The second-order valence-corrected chi connectivity index (χ2v) is 15.5. The van der Waals surface area contributed by atoms with E-state index in [4.69, 9.17) is 0 Å². The predicted molar refractivity (Wildman–Crippen MR) is 150 cm³/mol. The van der Waals surface area contributed by atoms with Gasteiger partial charge in [-0.3, -0.25) is 0 Å². The van der Waals surface area contributed by atoms with Gasteiger partial charge in [-0.05, 0) is 72.8 Å². The van der Waals surface area contributed by atoms with E-state index in [1.807, 2.05) is 0 Å². The summed E-state index contributed by atoms with van der Waals surface area (Å²) >= 11 is 0. The maximum absolute atomic E-state index is 2.64. The van der Waals surface area contributed by atoms with Crippen molar-refractivity contribution in [2.75, 3.05) is 0 Å². The fourth-order valence-electron chi connectivity index (χ4n) is 6.56. The van der Waals surface area contributed by atoms with Gasteiger partial charge in [0.15, 0.2) is 0 Å². The molecule has 0 N–H and O–H groups in total. The van der Waals surface area contributed by atoms with E-state index < -0.39 is 7.92 Å². The predicted octanol–water partition coefficient (Wildman–Crippen LogP) is 8.87. The van der Waals surface area contributed by atoms with Crippen LogP contribution in [-0.2, 0) is 0 Å². The van der Waals surface area contributed by atoms with Crippen LogP contribution in [0, 0.1) is 0 Å². The summed E-state index contributed by atoms with van der Waals surface area (Å²) in [5, 5.41) is 4.68. The zero-order valence-corrected chi connectivity index (χ0v) is 22.1. The van der Waals surface area contributed by atoms with E-state index in [9.17, 15) is 0 Å². The van der Waals surface area contributed by atoms with Crippen molar-refractivity contribution in [3.8, 4) is 0 Å². The molecule has 2 aromatic rings. The van der Waals surface area contributed by atoms with E-state index in [-0.39, 0.29) is 7.92 Å². The summed E-state index contributed by atoms with van der Waals surface area (Å²) in [7, 11) is -0.437. The lowest BCUT2D eigenvalue weighted by Crippen LogP contribution is -2.27. The fourth-order valence-corrected chi connectivity index (χ4v) is 13.6. The van der Waals surface area contributed by atoms with Crippen LogP contribution in [0.1, 0.15) is 77.6 Å². The van der Waals surface area contributed by atoms with Crippen LogP contribution in [0.25, 0.3) is 0 Å². The van der Waals surface area contributed by atoms with Gasteiger partial charge in [-0.25, -0.2) is 0 Å². The lowest BCUT2D eigenvalue weighted by Gasteiger charge is -2.43. The average molecular weight is 475 g/mol. The van der Waals surface area contributed by atoms with Crippen LogP contribution < -0.4 is 10.6 Å². The maximum atomic E-state index is 2.64. The summed E-state index contributed by atoms with van der Waals surface area (Å²) < 4.78 is 0. The first kappa shape index (κ1) is 23.5. The van der Waals surface area contributed by atoms with Crippen molar-refractivity contribution in [1.82, 2.24) is 0 Å². The molecule has 2 saturated carbocycles. The van der Waals surface area contributed by atoms with Gasteiger partial charge in [0.25, 0.3) is 0 Å². The Labute approximate surface area is 204 Å². The quantitative estimate of drug-likeness (QED) is 0.352. The third-order valence-electron chi connectivity index (χ3n) is 8.10. The van der Waals surface area contributed by atoms with Crippen molar-refractivity contribution < 1.29 is 0 Å². The van der Waals surface area contributed by atoms with E-state index in [0.29, 0.717) is 0 Å². The summed E-state index contributed by atoms with van der Waals surface area (Å²) in [6.45, 7) is 2.64. The van der Waals surface area contributed by atoms with Gasteiger partial charge in [0.05, 0.1) is 0 Å². The van der Waals surface area contributed by atoms with Gasteiger partial charge < -0.3 is 0 Å². The maximum Gasteiger partial charge on any atom is 0.00218 e. The van der Waals surface area contributed by atoms with Gasteiger partial charge in [0.2, 0.25) is 0 Å². The first-order valence-electron chi connectivity index (χ1n) is 13.4. The van der Waals surface area contributed by atoms with Gasteiger partial charge in [0, 0.05) is 5.66 Å². The topological polar surface area (TPSA) is 0 Å². The molecule has 0 amide bonds. The zero-order valence-electron chi connectivity index (χ0n) is 20.3. The minimum atomic E-state index is -0.480. The Morgan fingerprint density at radius 3 is 1.61 bits per heavy atom. The third-order valence-corrected chi connectivity index (χ3v) is 14.5. The molecule has 0 bridgehead atoms. The normalized spacial score (nSPS) is 21.3. The highest BCUT2D eigenvalue weighted by Gasteiger charge is 2.38. The Kier molecular flexibility index (Phi) is 8.18. The van der Waals surface area contributed by atoms with Gasteiger partial charge in [-0.15, -0.1) is 0 Å². The van der Waals surface area contributed by atoms with Crippen LogP contribution in [0.4, 0.5) is 0 Å². The Morgan fingerprint density at radius 1 is 0.636 bits per heavy atom. The van der Waals surface area contributed by atoms with Gasteiger partial charge in [0.1, 0.15) is 0 Å². The minimum Gasteiger partial charge on any atom is -0.0929 e. The zero-order chi connectivity index (χ0) is 22.5. The molecular formula is C31H40P2. The molecule has 5 rings (SSSR count). The van der Waals surface area contributed by atoms with Crippen LogP contribution in [0.15, 0.2) is 83.7 Å². The van der Waals surface area contributed by atoms with Crippen molar-refractivity contribution in [1.29, 1.82) is 0 Å². The van der Waals surface area contributed by atoms with Crippen molar-refractivity contribution in [3.63, 3.8) is 0 Å². The van der Waals surface area contributed by atoms with Crippen LogP contribution in [0.3, 0.4) is 0 Å². The van der Waals surface area contributed by atoms with Crippen molar-refractivity contribution >= 4 is 26.5 Å². The Hall–Kier alpha value is -1.22. The highest BCUT2D eigenvalue weighted by atomic mass is 31.1. The van der Waals surface area contributed by atoms with Crippen LogP contribution in [-0.4, -0.2) is 17.0 Å². The average Bonchev–Trinajstić information content (AvgIpc) is 3.36. The van der Waals surface area contributed by atoms with E-state index in [0.717, 1.165) is 23.4 Å². The summed E-state index contributed by atoms with van der Waals surface area (Å²) in [6.07, 6.45) is 21.2. The highest BCUT2D eigenvalue weighted by Crippen LogP contribution is 2.63. The molecule has 0 heterocycles. The molecule has 3 aliphatic rings. The first-order chi connectivity index (χ1) is 16.3. The molecule has 174 valence electrons. The van der Waals surface area contributed by atoms with E-state index in [1.165, 1.54) is 74.8 Å². The van der Waals surface area contributed by atoms with Crippen molar-refractivity contribution in [2.24, 2.45) is 0 Å². The van der Waals surface area contributed by atoms with Crippen molar-refractivity contribution in [3.05, 3.63) is 83.7 Å². The van der Waals surface area contributed by atoms with E-state index in [1.54, 1.807) is 10.9 Å². The van der Waals surface area contributed by atoms with Crippen molar-refractivity contribution in [2.45, 2.75) is 94.5 Å². The number of rotatable bonds is 7. The molecule has 2 heteroatoms. The number of hydrogen-bond donors (Lipinski definition) is 0. The summed E-state index contributed by atoms with van der Waals surface area (Å²) in [6, 6.07) is 22.7. The summed E-state index contributed by atoms with van der Waals surface area (Å²) in [5.74, 6) is 0. The molecule has 0 spiro atoms. The smallest absolute Gasteiger partial charge is 0.00218 e. The Balaban J connectivity index is 1.48. The van der Waals surface area contributed by atoms with E-state index >= 15 is 0 Å². The summed E-state index contributed by atoms with van der Waals surface area (Å²) in [5.41, 5.74) is 4.50. The molecular weight excluding hydrogens is 434 g/mol. The molecule has 1 atom stereocenters. The Bertz CT molecular complexity index is 876. The second kappa shape index (κ2) is 11.5. The third kappa shape index (κ3) is 5.39. The highest BCUT2D eigenvalue weighted by molar-refractivity contribution is 7.77. The molecule has 0 unspecified atom stereocenters. The summed E-state index contributed by atoms with van der Waals surface area (Å²) in [4.78, 5) is 0. The van der Waals surface area contributed by atoms with Crippen LogP contribution >= 0.6 is 15.8 Å². The molecule has 0 saturated heterocycles. The number of allylic oxidation sites excluding steroid dienone is 4. The van der Waals surface area contributed by atoms with Gasteiger partial charge in [-0.1, -0.05) is 126 Å². The lowest BCUT2D eigenvalue weighted by molar-refractivity contribution is 0.482. The molecule has 2 fully saturated rings. The lowest BCUT2D eigenvalue weighted by atomic mass is 9.99. The second-order valence-electron chi connectivity index (χ2n) is 10.2. The SMILES string of the molecule is C[C@@H](C1=CCC=C1P(c1ccccc1)c1ccccc1)P(C1CCCCC1)C1CCCCC1. The first-order valence-corrected chi connectivity index (χ1v) is 16.3. The molecule has 2 aromatic carbocycles. The fraction of sp³-hybridized carbons (Fsp3) is 0.484.